The average molecular weight is 334 g/mol. The van der Waals surface area contributed by atoms with Gasteiger partial charge in [-0.2, -0.15) is 11.8 Å². The third kappa shape index (κ3) is 3.59. The van der Waals surface area contributed by atoms with Crippen LogP contribution in [0.25, 0.3) is 0 Å². The van der Waals surface area contributed by atoms with Crippen molar-refractivity contribution >= 4 is 46.8 Å². The molecule has 20 heavy (non-hydrogen) atoms. The summed E-state index contributed by atoms with van der Waals surface area (Å²) in [7, 11) is 0. The van der Waals surface area contributed by atoms with Gasteiger partial charge in [0.1, 0.15) is 0 Å². The molecule has 108 valence electrons. The first-order valence-electron chi connectivity index (χ1n) is 6.04. The summed E-state index contributed by atoms with van der Waals surface area (Å²) in [6.07, 6.45) is -0.0416. The molecule has 1 fully saturated rings. The fourth-order valence-corrected chi connectivity index (χ4v) is 3.45. The Kier molecular flexibility index (Phi) is 5.18. The van der Waals surface area contributed by atoms with Crippen molar-refractivity contribution in [2.75, 3.05) is 18.1 Å². The lowest BCUT2D eigenvalue weighted by atomic mass is 10.1. The first-order chi connectivity index (χ1) is 9.49. The van der Waals surface area contributed by atoms with Crippen LogP contribution in [0, 0.1) is 0 Å². The van der Waals surface area contributed by atoms with E-state index in [1.165, 1.54) is 6.07 Å². The number of nitrogens with zero attached hydrogens (tertiary/aromatic N) is 1. The van der Waals surface area contributed by atoms with Gasteiger partial charge in [0.05, 0.1) is 22.5 Å². The first-order valence-corrected chi connectivity index (χ1v) is 7.95. The number of benzene rings is 1. The molecule has 1 saturated heterocycles. The molecule has 0 aromatic heterocycles. The van der Waals surface area contributed by atoms with E-state index in [0.717, 1.165) is 5.75 Å². The number of carbonyl (C=O) groups is 2. The number of carboxylic acid groups (broad SMARTS) is 1. The summed E-state index contributed by atoms with van der Waals surface area (Å²) in [5.74, 6) is 0.349. The fourth-order valence-electron chi connectivity index (χ4n) is 2.09. The number of amides is 1. The summed E-state index contributed by atoms with van der Waals surface area (Å²) in [5.41, 5.74) is 0.432. The number of aliphatic carboxylic acids is 1. The summed E-state index contributed by atoms with van der Waals surface area (Å²) in [6, 6.07) is 4.41. The summed E-state index contributed by atoms with van der Waals surface area (Å²) in [6.45, 7) is 0.543. The second kappa shape index (κ2) is 6.70. The molecule has 1 N–H and O–H groups in total. The van der Waals surface area contributed by atoms with Crippen LogP contribution in [0.2, 0.25) is 10.0 Å². The smallest absolute Gasteiger partial charge is 0.305 e. The Labute approximate surface area is 131 Å². The van der Waals surface area contributed by atoms with Gasteiger partial charge >= 0.3 is 5.97 Å². The number of carboxylic acids is 1. The number of carbonyl (C=O) groups excluding carboxylic acids is 1. The van der Waals surface area contributed by atoms with Crippen molar-refractivity contribution in [1.29, 1.82) is 0 Å². The summed E-state index contributed by atoms with van der Waals surface area (Å²) >= 11 is 13.4. The maximum atomic E-state index is 12.5. The lowest BCUT2D eigenvalue weighted by Gasteiger charge is -2.34. The summed E-state index contributed by atoms with van der Waals surface area (Å²) in [4.78, 5) is 25.0. The van der Waals surface area contributed by atoms with Gasteiger partial charge in [-0.25, -0.2) is 0 Å². The van der Waals surface area contributed by atoms with Gasteiger partial charge in [-0.15, -0.1) is 0 Å². The fraction of sp³-hybridized carbons (Fsp3) is 0.385. The van der Waals surface area contributed by atoms with Crippen molar-refractivity contribution in [2.24, 2.45) is 0 Å². The lowest BCUT2D eigenvalue weighted by molar-refractivity contribution is -0.138. The van der Waals surface area contributed by atoms with E-state index in [4.69, 9.17) is 28.3 Å². The van der Waals surface area contributed by atoms with E-state index in [2.05, 4.69) is 0 Å². The molecule has 1 aliphatic heterocycles. The van der Waals surface area contributed by atoms with Gasteiger partial charge in [0.25, 0.3) is 5.91 Å². The molecule has 1 heterocycles. The maximum absolute atomic E-state index is 12.5. The van der Waals surface area contributed by atoms with E-state index in [-0.39, 0.29) is 18.4 Å². The Balaban J connectivity index is 2.20. The monoisotopic (exact) mass is 333 g/mol. The topological polar surface area (TPSA) is 57.6 Å². The van der Waals surface area contributed by atoms with Gasteiger partial charge in [0.15, 0.2) is 0 Å². The van der Waals surface area contributed by atoms with Crippen LogP contribution in [-0.4, -0.2) is 46.0 Å². The third-order valence-corrected chi connectivity index (χ3v) is 4.90. The predicted octanol–water partition coefficient (Wildman–Crippen LogP) is 3.03. The highest BCUT2D eigenvalue weighted by molar-refractivity contribution is 7.99. The second-order valence-corrected chi connectivity index (χ2v) is 6.42. The van der Waals surface area contributed by atoms with Crippen LogP contribution < -0.4 is 0 Å². The first kappa shape index (κ1) is 15.5. The minimum Gasteiger partial charge on any atom is -0.481 e. The standard InChI is InChI=1S/C13H13Cl2NO3S/c14-10-2-1-8(5-11(10)15)13(19)16-3-4-20-7-9(16)6-12(17)18/h1-2,5,9H,3-4,6-7H2,(H,17,18). The van der Waals surface area contributed by atoms with Crippen LogP contribution in [0.4, 0.5) is 0 Å². The SMILES string of the molecule is O=C(O)CC1CSCCN1C(=O)c1ccc(Cl)c(Cl)c1. The van der Waals surface area contributed by atoms with E-state index in [0.29, 0.717) is 27.9 Å². The average Bonchev–Trinajstić information content (AvgIpc) is 2.41. The number of hydrogen-bond acceptors (Lipinski definition) is 3. The van der Waals surface area contributed by atoms with E-state index in [1.807, 2.05) is 0 Å². The van der Waals surface area contributed by atoms with E-state index in [1.54, 1.807) is 28.8 Å². The summed E-state index contributed by atoms with van der Waals surface area (Å²) in [5, 5.41) is 9.64. The van der Waals surface area contributed by atoms with Gasteiger partial charge in [-0.3, -0.25) is 9.59 Å². The zero-order chi connectivity index (χ0) is 14.7. The van der Waals surface area contributed by atoms with E-state index >= 15 is 0 Å². The molecular formula is C13H13Cl2NO3S. The molecule has 0 spiro atoms. The van der Waals surface area contributed by atoms with Crippen molar-refractivity contribution < 1.29 is 14.7 Å². The van der Waals surface area contributed by atoms with Gasteiger partial charge in [-0.05, 0) is 18.2 Å². The predicted molar refractivity (Wildman–Crippen MR) is 80.9 cm³/mol. The Morgan fingerprint density at radius 1 is 1.35 bits per heavy atom. The lowest BCUT2D eigenvalue weighted by Crippen LogP contribution is -2.47. The molecule has 4 nitrogen and oxygen atoms in total. The Morgan fingerprint density at radius 3 is 2.75 bits per heavy atom. The van der Waals surface area contributed by atoms with Gasteiger partial charge in [0.2, 0.25) is 0 Å². The minimum atomic E-state index is -0.899. The number of hydrogen-bond donors (Lipinski definition) is 1. The molecule has 1 aliphatic rings. The molecule has 1 amide bonds. The quantitative estimate of drug-likeness (QED) is 0.923. The van der Waals surface area contributed by atoms with Crippen LogP contribution in [0.15, 0.2) is 18.2 Å². The molecule has 1 unspecified atom stereocenters. The largest absolute Gasteiger partial charge is 0.481 e. The van der Waals surface area contributed by atoms with E-state index < -0.39 is 5.97 Å². The van der Waals surface area contributed by atoms with Crippen molar-refractivity contribution in [1.82, 2.24) is 4.90 Å². The van der Waals surface area contributed by atoms with Crippen molar-refractivity contribution in [3.8, 4) is 0 Å². The zero-order valence-electron chi connectivity index (χ0n) is 10.5. The van der Waals surface area contributed by atoms with Crippen molar-refractivity contribution in [3.63, 3.8) is 0 Å². The highest BCUT2D eigenvalue weighted by atomic mass is 35.5. The molecule has 0 bridgehead atoms. The highest BCUT2D eigenvalue weighted by Crippen LogP contribution is 2.26. The number of halogens is 2. The molecule has 1 aromatic carbocycles. The van der Waals surface area contributed by atoms with Crippen LogP contribution >= 0.6 is 35.0 Å². The van der Waals surface area contributed by atoms with E-state index in [9.17, 15) is 9.59 Å². The number of thioether (sulfide) groups is 1. The van der Waals surface area contributed by atoms with Crippen LogP contribution in [0.5, 0.6) is 0 Å². The Morgan fingerprint density at radius 2 is 2.10 bits per heavy atom. The van der Waals surface area contributed by atoms with Gasteiger partial charge in [0, 0.05) is 23.6 Å². The number of rotatable bonds is 3. The minimum absolute atomic E-state index is 0.0416. The molecule has 1 atom stereocenters. The third-order valence-electron chi connectivity index (χ3n) is 3.07. The second-order valence-electron chi connectivity index (χ2n) is 4.45. The van der Waals surface area contributed by atoms with Crippen LogP contribution in [0.1, 0.15) is 16.8 Å². The molecule has 0 radical (unpaired) electrons. The molecule has 2 rings (SSSR count). The van der Waals surface area contributed by atoms with Crippen molar-refractivity contribution in [3.05, 3.63) is 33.8 Å². The molecule has 0 saturated carbocycles. The van der Waals surface area contributed by atoms with Crippen molar-refractivity contribution in [2.45, 2.75) is 12.5 Å². The van der Waals surface area contributed by atoms with Crippen LogP contribution in [0.3, 0.4) is 0 Å². The Bertz CT molecular complexity index is 538. The van der Waals surface area contributed by atoms with Gasteiger partial charge < -0.3 is 10.0 Å². The summed E-state index contributed by atoms with van der Waals surface area (Å²) < 4.78 is 0. The molecule has 1 aromatic rings. The highest BCUT2D eigenvalue weighted by Gasteiger charge is 2.29. The molecular weight excluding hydrogens is 321 g/mol. The molecule has 0 aliphatic carbocycles. The van der Waals surface area contributed by atoms with Gasteiger partial charge in [-0.1, -0.05) is 23.2 Å². The normalized spacial score (nSPS) is 18.9. The molecule has 7 heteroatoms. The zero-order valence-corrected chi connectivity index (χ0v) is 12.8. The maximum Gasteiger partial charge on any atom is 0.305 e. The van der Waals surface area contributed by atoms with Crippen LogP contribution in [-0.2, 0) is 4.79 Å². The Hall–Kier alpha value is -0.910.